The van der Waals surface area contributed by atoms with Crippen molar-refractivity contribution in [1.29, 1.82) is 0 Å². The fraction of sp³-hybridized carbons (Fsp3) is 0.345. The summed E-state index contributed by atoms with van der Waals surface area (Å²) in [6.07, 6.45) is 0. The van der Waals surface area contributed by atoms with Crippen molar-refractivity contribution in [2.24, 2.45) is 0 Å². The van der Waals surface area contributed by atoms with Gasteiger partial charge in [0.15, 0.2) is 0 Å². The molecular weight excluding hydrogens is 394 g/mol. The van der Waals surface area contributed by atoms with E-state index in [9.17, 15) is 4.79 Å². The van der Waals surface area contributed by atoms with E-state index in [4.69, 9.17) is 4.74 Å². The molecule has 32 heavy (non-hydrogen) atoms. The summed E-state index contributed by atoms with van der Waals surface area (Å²) in [7, 11) is 0. The van der Waals surface area contributed by atoms with Gasteiger partial charge in [-0.1, -0.05) is 89.8 Å². The Bertz CT molecular complexity index is 1140. The minimum Gasteiger partial charge on any atom is -0.461 e. The van der Waals surface area contributed by atoms with Crippen molar-refractivity contribution in [3.63, 3.8) is 0 Å². The van der Waals surface area contributed by atoms with E-state index in [1.54, 1.807) is 6.92 Å². The van der Waals surface area contributed by atoms with Gasteiger partial charge in [0.2, 0.25) is 0 Å². The minimum absolute atomic E-state index is 0.0868. The predicted molar refractivity (Wildman–Crippen MR) is 132 cm³/mol. The number of aromatic amines is 1. The molecule has 3 rings (SSSR count). The van der Waals surface area contributed by atoms with Crippen molar-refractivity contribution in [1.82, 2.24) is 4.98 Å². The van der Waals surface area contributed by atoms with Gasteiger partial charge in [-0.25, -0.2) is 4.79 Å². The number of benzene rings is 2. The van der Waals surface area contributed by atoms with E-state index < -0.39 is 5.97 Å². The number of hydrogen-bond acceptors (Lipinski definition) is 2. The van der Waals surface area contributed by atoms with Crippen molar-refractivity contribution in [3.05, 3.63) is 82.5 Å². The van der Waals surface area contributed by atoms with Gasteiger partial charge in [0.25, 0.3) is 0 Å². The molecule has 0 aliphatic heterocycles. The van der Waals surface area contributed by atoms with Crippen LogP contribution in [-0.4, -0.2) is 17.6 Å². The number of carbonyl (C=O) groups is 1. The molecule has 0 atom stereocenters. The Labute approximate surface area is 192 Å². The molecule has 0 fully saturated rings. The molecule has 1 N–H and O–H groups in total. The standard InChI is InChI=1S/C29H33NO2/c1-8-32-27(31)26-22(12-9-20-10-15-23(16-11-20)28(2,3)4)19-25(30-26)21-13-17-24(18-14-21)29(5,6)7/h10-11,13-19,30H,8H2,1-7H3. The highest BCUT2D eigenvalue weighted by Crippen LogP contribution is 2.27. The number of H-pyrrole nitrogens is 1. The molecule has 0 bridgehead atoms. The first-order valence-electron chi connectivity index (χ1n) is 11.1. The maximum atomic E-state index is 12.5. The number of ether oxygens (including phenoxy) is 1. The fourth-order valence-corrected chi connectivity index (χ4v) is 3.42. The SMILES string of the molecule is CCOC(=O)c1[nH]c(-c2ccc(C(C)(C)C)cc2)cc1C#Cc1ccc(C(C)(C)C)cc1. The van der Waals surface area contributed by atoms with Gasteiger partial charge in [-0.05, 0) is 52.6 Å². The summed E-state index contributed by atoms with van der Waals surface area (Å²) in [4.78, 5) is 15.8. The van der Waals surface area contributed by atoms with Crippen molar-refractivity contribution in [3.8, 4) is 23.1 Å². The zero-order valence-electron chi connectivity index (χ0n) is 20.2. The van der Waals surface area contributed by atoms with Gasteiger partial charge in [0.05, 0.1) is 12.2 Å². The van der Waals surface area contributed by atoms with Gasteiger partial charge in [-0.15, -0.1) is 0 Å². The number of aromatic nitrogens is 1. The topological polar surface area (TPSA) is 42.1 Å². The average molecular weight is 428 g/mol. The summed E-state index contributed by atoms with van der Waals surface area (Å²) in [5.74, 6) is 5.97. The van der Waals surface area contributed by atoms with Crippen molar-refractivity contribution in [2.75, 3.05) is 6.61 Å². The van der Waals surface area contributed by atoms with Crippen LogP contribution in [0.1, 0.15) is 81.2 Å². The molecule has 166 valence electrons. The van der Waals surface area contributed by atoms with Crippen LogP contribution in [0.5, 0.6) is 0 Å². The van der Waals surface area contributed by atoms with Crippen LogP contribution in [0.4, 0.5) is 0 Å². The Balaban J connectivity index is 1.96. The summed E-state index contributed by atoms with van der Waals surface area (Å²) in [6.45, 7) is 15.3. The molecule has 0 saturated heterocycles. The predicted octanol–water partition coefficient (Wildman–Crippen LogP) is 6.85. The zero-order valence-corrected chi connectivity index (χ0v) is 20.2. The second-order valence-electron chi connectivity index (χ2n) is 10.1. The normalized spacial score (nSPS) is 11.6. The van der Waals surface area contributed by atoms with E-state index in [-0.39, 0.29) is 10.8 Å². The number of carbonyl (C=O) groups excluding carboxylic acids is 1. The lowest BCUT2D eigenvalue weighted by atomic mass is 9.86. The first-order valence-corrected chi connectivity index (χ1v) is 11.1. The zero-order chi connectivity index (χ0) is 23.5. The molecule has 3 aromatic rings. The van der Waals surface area contributed by atoms with E-state index in [0.29, 0.717) is 17.9 Å². The molecule has 3 heteroatoms. The molecule has 1 heterocycles. The summed E-state index contributed by atoms with van der Waals surface area (Å²) >= 11 is 0. The van der Waals surface area contributed by atoms with Gasteiger partial charge in [-0.2, -0.15) is 0 Å². The van der Waals surface area contributed by atoms with E-state index in [1.165, 1.54) is 11.1 Å². The average Bonchev–Trinajstić information content (AvgIpc) is 3.16. The Morgan fingerprint density at radius 1 is 0.844 bits per heavy atom. The lowest BCUT2D eigenvalue weighted by molar-refractivity contribution is 0.0520. The van der Waals surface area contributed by atoms with Crippen LogP contribution < -0.4 is 0 Å². The van der Waals surface area contributed by atoms with Gasteiger partial charge in [-0.3, -0.25) is 0 Å². The highest BCUT2D eigenvalue weighted by molar-refractivity contribution is 5.92. The summed E-state index contributed by atoms with van der Waals surface area (Å²) in [6, 6.07) is 18.6. The third-order valence-electron chi connectivity index (χ3n) is 5.45. The van der Waals surface area contributed by atoms with Crippen LogP contribution in [0.2, 0.25) is 0 Å². The van der Waals surface area contributed by atoms with Crippen LogP contribution >= 0.6 is 0 Å². The summed E-state index contributed by atoms with van der Waals surface area (Å²) in [5, 5.41) is 0. The third kappa shape index (κ3) is 5.51. The van der Waals surface area contributed by atoms with Gasteiger partial charge >= 0.3 is 5.97 Å². The second-order valence-corrected chi connectivity index (χ2v) is 10.1. The van der Waals surface area contributed by atoms with Crippen LogP contribution in [0.25, 0.3) is 11.3 Å². The number of rotatable bonds is 3. The maximum absolute atomic E-state index is 12.5. The molecule has 2 aromatic carbocycles. The minimum atomic E-state index is -0.391. The monoisotopic (exact) mass is 427 g/mol. The largest absolute Gasteiger partial charge is 0.461 e. The van der Waals surface area contributed by atoms with Gasteiger partial charge in [0, 0.05) is 11.3 Å². The summed E-state index contributed by atoms with van der Waals surface area (Å²) in [5.41, 5.74) is 6.50. The highest BCUT2D eigenvalue weighted by atomic mass is 16.5. The first-order chi connectivity index (χ1) is 15.0. The fourth-order valence-electron chi connectivity index (χ4n) is 3.42. The number of esters is 1. The lowest BCUT2D eigenvalue weighted by Gasteiger charge is -2.19. The Hall–Kier alpha value is -3.25. The van der Waals surface area contributed by atoms with Gasteiger partial charge in [0.1, 0.15) is 5.69 Å². The molecule has 0 aliphatic rings. The van der Waals surface area contributed by atoms with Crippen LogP contribution in [0, 0.1) is 11.8 Å². The molecule has 3 nitrogen and oxygen atoms in total. The van der Waals surface area contributed by atoms with Crippen molar-refractivity contribution >= 4 is 5.97 Å². The molecular formula is C29H33NO2. The van der Waals surface area contributed by atoms with E-state index in [0.717, 1.165) is 16.8 Å². The quantitative estimate of drug-likeness (QED) is 0.367. The molecule has 0 spiro atoms. The molecule has 0 unspecified atom stereocenters. The van der Waals surface area contributed by atoms with E-state index >= 15 is 0 Å². The highest BCUT2D eigenvalue weighted by Gasteiger charge is 2.18. The smallest absolute Gasteiger partial charge is 0.356 e. The number of hydrogen-bond donors (Lipinski definition) is 1. The molecule has 0 radical (unpaired) electrons. The Kier molecular flexibility index (Phi) is 6.65. The Morgan fingerprint density at radius 2 is 1.38 bits per heavy atom. The van der Waals surface area contributed by atoms with Crippen molar-refractivity contribution in [2.45, 2.75) is 59.3 Å². The third-order valence-corrected chi connectivity index (χ3v) is 5.45. The van der Waals surface area contributed by atoms with Crippen LogP contribution in [0.15, 0.2) is 54.6 Å². The molecule has 0 amide bonds. The number of nitrogens with one attached hydrogen (secondary N) is 1. The van der Waals surface area contributed by atoms with Crippen LogP contribution in [-0.2, 0) is 15.6 Å². The van der Waals surface area contributed by atoms with Crippen LogP contribution in [0.3, 0.4) is 0 Å². The molecule has 1 aromatic heterocycles. The second kappa shape index (κ2) is 9.09. The Morgan fingerprint density at radius 3 is 1.88 bits per heavy atom. The van der Waals surface area contributed by atoms with Crippen molar-refractivity contribution < 1.29 is 9.53 Å². The molecule has 0 saturated carbocycles. The van der Waals surface area contributed by atoms with E-state index in [1.807, 2.05) is 18.2 Å². The summed E-state index contributed by atoms with van der Waals surface area (Å²) < 4.78 is 5.25. The lowest BCUT2D eigenvalue weighted by Crippen LogP contribution is -2.10. The molecule has 0 aliphatic carbocycles. The van der Waals surface area contributed by atoms with E-state index in [2.05, 4.69) is 94.8 Å². The van der Waals surface area contributed by atoms with Gasteiger partial charge < -0.3 is 9.72 Å². The first kappa shape index (κ1) is 23.4. The maximum Gasteiger partial charge on any atom is 0.356 e.